The molecule has 0 bridgehead atoms. The number of carbonyl (C=O) groups excluding carboxylic acids is 1. The van der Waals surface area contributed by atoms with Gasteiger partial charge in [-0.3, -0.25) is 4.79 Å². The van der Waals surface area contributed by atoms with Crippen LogP contribution in [0.2, 0.25) is 0 Å². The normalized spacial score (nSPS) is 12.3. The van der Waals surface area contributed by atoms with Crippen molar-refractivity contribution in [2.24, 2.45) is 5.92 Å². The van der Waals surface area contributed by atoms with Crippen molar-refractivity contribution in [1.29, 1.82) is 0 Å². The standard InChI is InChI=1S/C15H24N2O/c1-6-13(10-16-4)15(18)17(5)14-9-11(2)7-8-12(14)3/h7-9,13,16H,6,10H2,1-5H3. The van der Waals surface area contributed by atoms with Gasteiger partial charge in [0.1, 0.15) is 0 Å². The number of rotatable bonds is 5. The fourth-order valence-corrected chi connectivity index (χ4v) is 2.13. The summed E-state index contributed by atoms with van der Waals surface area (Å²) in [5.41, 5.74) is 3.32. The molecule has 0 saturated heterocycles. The second kappa shape index (κ2) is 6.55. The van der Waals surface area contributed by atoms with Crippen molar-refractivity contribution in [1.82, 2.24) is 5.32 Å². The molecule has 0 aromatic heterocycles. The van der Waals surface area contributed by atoms with Crippen LogP contribution in [0.3, 0.4) is 0 Å². The molecule has 1 aromatic rings. The fourth-order valence-electron chi connectivity index (χ4n) is 2.13. The van der Waals surface area contributed by atoms with E-state index in [1.54, 1.807) is 4.90 Å². The third-order valence-electron chi connectivity index (χ3n) is 3.35. The Kier molecular flexibility index (Phi) is 5.35. The summed E-state index contributed by atoms with van der Waals surface area (Å²) >= 11 is 0. The van der Waals surface area contributed by atoms with Crippen LogP contribution in [0.1, 0.15) is 24.5 Å². The van der Waals surface area contributed by atoms with Gasteiger partial charge in [0.2, 0.25) is 5.91 Å². The second-order valence-electron chi connectivity index (χ2n) is 4.85. The van der Waals surface area contributed by atoms with E-state index in [4.69, 9.17) is 0 Å². The lowest BCUT2D eigenvalue weighted by atomic mass is 10.0. The summed E-state index contributed by atoms with van der Waals surface area (Å²) in [6, 6.07) is 6.20. The Balaban J connectivity index is 2.94. The summed E-state index contributed by atoms with van der Waals surface area (Å²) in [6.07, 6.45) is 0.856. The summed E-state index contributed by atoms with van der Waals surface area (Å²) in [4.78, 5) is 14.2. The number of anilines is 1. The number of hydrogen-bond donors (Lipinski definition) is 1. The van der Waals surface area contributed by atoms with Gasteiger partial charge in [-0.05, 0) is 44.5 Å². The average molecular weight is 248 g/mol. The Morgan fingerprint density at radius 3 is 2.61 bits per heavy atom. The molecule has 0 radical (unpaired) electrons. The summed E-state index contributed by atoms with van der Waals surface area (Å²) in [5.74, 6) is 0.223. The lowest BCUT2D eigenvalue weighted by Gasteiger charge is -2.24. The number of hydrogen-bond acceptors (Lipinski definition) is 2. The molecule has 0 saturated carbocycles. The lowest BCUT2D eigenvalue weighted by molar-refractivity contribution is -0.122. The molecule has 100 valence electrons. The maximum absolute atomic E-state index is 12.4. The van der Waals surface area contributed by atoms with Gasteiger partial charge in [-0.2, -0.15) is 0 Å². The molecule has 3 nitrogen and oxygen atoms in total. The van der Waals surface area contributed by atoms with Crippen LogP contribution in [0.25, 0.3) is 0 Å². The van der Waals surface area contributed by atoms with E-state index in [1.165, 1.54) is 5.56 Å². The molecule has 0 fully saturated rings. The smallest absolute Gasteiger partial charge is 0.231 e. The van der Waals surface area contributed by atoms with Crippen LogP contribution < -0.4 is 10.2 Å². The van der Waals surface area contributed by atoms with Crippen LogP contribution in [-0.4, -0.2) is 26.5 Å². The molecule has 0 spiro atoms. The maximum Gasteiger partial charge on any atom is 0.231 e. The van der Waals surface area contributed by atoms with Gasteiger partial charge in [-0.15, -0.1) is 0 Å². The van der Waals surface area contributed by atoms with Crippen molar-refractivity contribution < 1.29 is 4.79 Å². The largest absolute Gasteiger partial charge is 0.319 e. The highest BCUT2D eigenvalue weighted by Crippen LogP contribution is 2.22. The van der Waals surface area contributed by atoms with E-state index in [0.717, 1.165) is 24.2 Å². The molecule has 1 rings (SSSR count). The van der Waals surface area contributed by atoms with E-state index >= 15 is 0 Å². The molecular weight excluding hydrogens is 224 g/mol. The van der Waals surface area contributed by atoms with Crippen LogP contribution in [0.4, 0.5) is 5.69 Å². The number of benzene rings is 1. The van der Waals surface area contributed by atoms with Gasteiger partial charge in [0, 0.05) is 19.3 Å². The predicted molar refractivity (Wildman–Crippen MR) is 77.0 cm³/mol. The summed E-state index contributed by atoms with van der Waals surface area (Å²) in [6.45, 7) is 6.87. The number of carbonyl (C=O) groups is 1. The van der Waals surface area contributed by atoms with Gasteiger partial charge in [0.05, 0.1) is 5.92 Å². The van der Waals surface area contributed by atoms with E-state index in [1.807, 2.05) is 27.9 Å². The first kappa shape index (κ1) is 14.7. The number of nitrogens with zero attached hydrogens (tertiary/aromatic N) is 1. The van der Waals surface area contributed by atoms with Crippen LogP contribution in [0.15, 0.2) is 18.2 Å². The Bertz CT molecular complexity index is 415. The molecule has 0 aliphatic heterocycles. The van der Waals surface area contributed by atoms with Crippen molar-refractivity contribution in [2.75, 3.05) is 25.5 Å². The first-order valence-corrected chi connectivity index (χ1v) is 6.50. The zero-order valence-electron chi connectivity index (χ0n) is 12.1. The average Bonchev–Trinajstić information content (AvgIpc) is 2.37. The highest BCUT2D eigenvalue weighted by atomic mass is 16.2. The topological polar surface area (TPSA) is 32.3 Å². The van der Waals surface area contributed by atoms with Crippen LogP contribution in [0.5, 0.6) is 0 Å². The quantitative estimate of drug-likeness (QED) is 0.868. The third-order valence-corrected chi connectivity index (χ3v) is 3.35. The number of aryl methyl sites for hydroxylation is 2. The SMILES string of the molecule is CCC(CNC)C(=O)N(C)c1cc(C)ccc1C. The molecular formula is C15H24N2O. The Morgan fingerprint density at radius 2 is 2.06 bits per heavy atom. The minimum absolute atomic E-state index is 0.0416. The lowest BCUT2D eigenvalue weighted by Crippen LogP contribution is -2.37. The Labute approximate surface area is 110 Å². The highest BCUT2D eigenvalue weighted by molar-refractivity contribution is 5.95. The van der Waals surface area contributed by atoms with Gasteiger partial charge < -0.3 is 10.2 Å². The maximum atomic E-state index is 12.4. The minimum Gasteiger partial charge on any atom is -0.319 e. The highest BCUT2D eigenvalue weighted by Gasteiger charge is 2.21. The predicted octanol–water partition coefficient (Wildman–Crippen LogP) is 2.51. The van der Waals surface area contributed by atoms with Crippen molar-refractivity contribution in [2.45, 2.75) is 27.2 Å². The zero-order valence-corrected chi connectivity index (χ0v) is 12.1. The number of amides is 1. The van der Waals surface area contributed by atoms with Crippen molar-refractivity contribution in [3.05, 3.63) is 29.3 Å². The van der Waals surface area contributed by atoms with E-state index in [-0.39, 0.29) is 11.8 Å². The first-order chi connectivity index (χ1) is 8.51. The summed E-state index contributed by atoms with van der Waals surface area (Å²) in [5, 5.41) is 3.08. The van der Waals surface area contributed by atoms with E-state index in [0.29, 0.717) is 0 Å². The number of nitrogens with one attached hydrogen (secondary N) is 1. The van der Waals surface area contributed by atoms with Crippen molar-refractivity contribution >= 4 is 11.6 Å². The zero-order chi connectivity index (χ0) is 13.7. The van der Waals surface area contributed by atoms with Gasteiger partial charge in [-0.25, -0.2) is 0 Å². The molecule has 0 heterocycles. The van der Waals surface area contributed by atoms with E-state index in [9.17, 15) is 4.79 Å². The van der Waals surface area contributed by atoms with Gasteiger partial charge in [-0.1, -0.05) is 19.1 Å². The molecule has 1 atom stereocenters. The molecule has 3 heteroatoms. The minimum atomic E-state index is 0.0416. The summed E-state index contributed by atoms with van der Waals surface area (Å²) < 4.78 is 0. The van der Waals surface area contributed by atoms with Gasteiger partial charge in [0.15, 0.2) is 0 Å². The van der Waals surface area contributed by atoms with Crippen molar-refractivity contribution in [3.63, 3.8) is 0 Å². The molecule has 18 heavy (non-hydrogen) atoms. The van der Waals surface area contributed by atoms with Gasteiger partial charge in [0.25, 0.3) is 0 Å². The third kappa shape index (κ3) is 3.33. The van der Waals surface area contributed by atoms with Crippen LogP contribution in [0, 0.1) is 19.8 Å². The summed E-state index contributed by atoms with van der Waals surface area (Å²) in [7, 11) is 3.75. The fraction of sp³-hybridized carbons (Fsp3) is 0.533. The van der Waals surface area contributed by atoms with Crippen LogP contribution >= 0.6 is 0 Å². The monoisotopic (exact) mass is 248 g/mol. The Morgan fingerprint density at radius 1 is 1.39 bits per heavy atom. The second-order valence-corrected chi connectivity index (χ2v) is 4.85. The van der Waals surface area contributed by atoms with E-state index in [2.05, 4.69) is 30.4 Å². The molecule has 1 aromatic carbocycles. The molecule has 0 aliphatic rings. The van der Waals surface area contributed by atoms with Crippen molar-refractivity contribution in [3.8, 4) is 0 Å². The molecule has 0 aliphatic carbocycles. The van der Waals surface area contributed by atoms with E-state index < -0.39 is 0 Å². The Hall–Kier alpha value is -1.35. The van der Waals surface area contributed by atoms with Gasteiger partial charge >= 0.3 is 0 Å². The molecule has 1 N–H and O–H groups in total. The first-order valence-electron chi connectivity index (χ1n) is 6.50. The molecule has 1 unspecified atom stereocenters. The molecule has 1 amide bonds. The van der Waals surface area contributed by atoms with Crippen LogP contribution in [-0.2, 0) is 4.79 Å².